The largest absolute Gasteiger partial charge is 0.462 e. The van der Waals surface area contributed by atoms with Crippen molar-refractivity contribution in [3.05, 3.63) is 107 Å². The summed E-state index contributed by atoms with van der Waals surface area (Å²) < 4.78 is 5.24. The van der Waals surface area contributed by atoms with Crippen molar-refractivity contribution < 1.29 is 14.3 Å². The lowest BCUT2D eigenvalue weighted by Gasteiger charge is -2.07. The molecule has 1 amide bonds. The van der Waals surface area contributed by atoms with Crippen molar-refractivity contribution in [2.75, 3.05) is 6.61 Å². The Hall–Kier alpha value is -3.92. The number of benzene rings is 3. The first-order valence-electron chi connectivity index (χ1n) is 9.83. The SMILES string of the molecule is CCOC(=O)C1=C(c2ccccc2)NC(=O)/C1=C\c1ccc(-c2ccccc2)cc1. The molecule has 0 aromatic heterocycles. The van der Waals surface area contributed by atoms with E-state index >= 15 is 0 Å². The zero-order valence-electron chi connectivity index (χ0n) is 16.6. The molecule has 0 aliphatic carbocycles. The lowest BCUT2D eigenvalue weighted by molar-refractivity contribution is -0.138. The van der Waals surface area contributed by atoms with E-state index in [0.29, 0.717) is 11.3 Å². The minimum Gasteiger partial charge on any atom is -0.462 e. The summed E-state index contributed by atoms with van der Waals surface area (Å²) in [5, 5.41) is 2.84. The van der Waals surface area contributed by atoms with Crippen molar-refractivity contribution in [3.63, 3.8) is 0 Å². The Balaban J connectivity index is 1.74. The summed E-state index contributed by atoms with van der Waals surface area (Å²) in [7, 11) is 0. The molecule has 30 heavy (non-hydrogen) atoms. The minimum absolute atomic E-state index is 0.234. The summed E-state index contributed by atoms with van der Waals surface area (Å²) in [5.41, 5.74) is 4.84. The van der Waals surface area contributed by atoms with E-state index in [4.69, 9.17) is 4.74 Å². The van der Waals surface area contributed by atoms with Crippen LogP contribution in [0.5, 0.6) is 0 Å². The van der Waals surface area contributed by atoms with Gasteiger partial charge in [-0.15, -0.1) is 0 Å². The van der Waals surface area contributed by atoms with E-state index in [1.807, 2.05) is 84.9 Å². The Kier molecular flexibility index (Phi) is 5.57. The second-order valence-corrected chi connectivity index (χ2v) is 6.84. The molecule has 0 saturated heterocycles. The molecule has 0 unspecified atom stereocenters. The highest BCUT2D eigenvalue weighted by atomic mass is 16.5. The summed E-state index contributed by atoms with van der Waals surface area (Å²) in [6.45, 7) is 1.98. The number of hydrogen-bond acceptors (Lipinski definition) is 3. The molecule has 4 nitrogen and oxygen atoms in total. The average Bonchev–Trinajstić information content (AvgIpc) is 3.12. The van der Waals surface area contributed by atoms with Crippen LogP contribution in [0.25, 0.3) is 22.9 Å². The molecular formula is C26H21NO3. The van der Waals surface area contributed by atoms with Gasteiger partial charge in [-0.2, -0.15) is 0 Å². The molecule has 1 N–H and O–H groups in total. The van der Waals surface area contributed by atoms with Crippen LogP contribution < -0.4 is 5.32 Å². The summed E-state index contributed by atoms with van der Waals surface area (Å²) in [5.74, 6) is -0.828. The molecule has 0 radical (unpaired) electrons. The normalized spacial score (nSPS) is 14.7. The monoisotopic (exact) mass is 395 g/mol. The first-order chi connectivity index (χ1) is 14.7. The fourth-order valence-corrected chi connectivity index (χ4v) is 3.43. The highest BCUT2D eigenvalue weighted by Crippen LogP contribution is 2.31. The Labute approximate surface area is 175 Å². The Morgan fingerprint density at radius 1 is 0.833 bits per heavy atom. The lowest BCUT2D eigenvalue weighted by atomic mass is 9.99. The van der Waals surface area contributed by atoms with Gasteiger partial charge in [-0.25, -0.2) is 4.79 Å². The highest BCUT2D eigenvalue weighted by Gasteiger charge is 2.33. The Morgan fingerprint density at radius 3 is 2.00 bits per heavy atom. The van der Waals surface area contributed by atoms with Crippen LogP contribution in [0.2, 0.25) is 0 Å². The molecule has 1 aliphatic heterocycles. The van der Waals surface area contributed by atoms with Gasteiger partial charge in [-0.3, -0.25) is 4.79 Å². The van der Waals surface area contributed by atoms with Crippen molar-refractivity contribution in [2.24, 2.45) is 0 Å². The molecule has 0 atom stereocenters. The number of esters is 1. The van der Waals surface area contributed by atoms with E-state index in [1.165, 1.54) is 0 Å². The first-order valence-corrected chi connectivity index (χ1v) is 9.83. The highest BCUT2D eigenvalue weighted by molar-refractivity contribution is 6.23. The zero-order valence-corrected chi connectivity index (χ0v) is 16.6. The summed E-state index contributed by atoms with van der Waals surface area (Å²) in [6, 6.07) is 27.3. The molecule has 1 aliphatic rings. The van der Waals surface area contributed by atoms with E-state index in [9.17, 15) is 9.59 Å². The minimum atomic E-state index is -0.512. The van der Waals surface area contributed by atoms with Gasteiger partial charge in [0.2, 0.25) is 0 Å². The van der Waals surface area contributed by atoms with Crippen LogP contribution in [0.3, 0.4) is 0 Å². The van der Waals surface area contributed by atoms with E-state index in [0.717, 1.165) is 22.3 Å². The predicted octanol–water partition coefficient (Wildman–Crippen LogP) is 4.84. The maximum atomic E-state index is 12.7. The second kappa shape index (κ2) is 8.62. The molecule has 148 valence electrons. The van der Waals surface area contributed by atoms with Gasteiger partial charge >= 0.3 is 5.97 Å². The van der Waals surface area contributed by atoms with Crippen molar-refractivity contribution in [3.8, 4) is 11.1 Å². The molecule has 3 aromatic rings. The van der Waals surface area contributed by atoms with E-state index in [1.54, 1.807) is 13.0 Å². The molecule has 0 bridgehead atoms. The second-order valence-electron chi connectivity index (χ2n) is 6.84. The molecule has 4 heteroatoms. The van der Waals surface area contributed by atoms with Crippen molar-refractivity contribution in [1.82, 2.24) is 5.32 Å². The van der Waals surface area contributed by atoms with Crippen LogP contribution in [0, 0.1) is 0 Å². The van der Waals surface area contributed by atoms with Gasteiger partial charge in [0, 0.05) is 0 Å². The molecule has 4 rings (SSSR count). The van der Waals surface area contributed by atoms with Crippen LogP contribution in [0.15, 0.2) is 96.1 Å². The maximum absolute atomic E-state index is 12.7. The Morgan fingerprint density at radius 2 is 1.40 bits per heavy atom. The third kappa shape index (κ3) is 3.94. The van der Waals surface area contributed by atoms with Gasteiger partial charge in [0.05, 0.1) is 23.5 Å². The number of amides is 1. The molecule has 3 aromatic carbocycles. The summed E-state index contributed by atoms with van der Waals surface area (Å²) >= 11 is 0. The van der Waals surface area contributed by atoms with Gasteiger partial charge in [-0.1, -0.05) is 84.9 Å². The van der Waals surface area contributed by atoms with E-state index in [2.05, 4.69) is 5.32 Å². The number of rotatable bonds is 5. The predicted molar refractivity (Wildman–Crippen MR) is 118 cm³/mol. The fourth-order valence-electron chi connectivity index (χ4n) is 3.43. The van der Waals surface area contributed by atoms with Crippen LogP contribution in [-0.2, 0) is 14.3 Å². The van der Waals surface area contributed by atoms with E-state index < -0.39 is 5.97 Å². The molecule has 0 fully saturated rings. The fraction of sp³-hybridized carbons (Fsp3) is 0.0769. The maximum Gasteiger partial charge on any atom is 0.341 e. The molecule has 0 saturated carbocycles. The van der Waals surface area contributed by atoms with E-state index in [-0.39, 0.29) is 18.1 Å². The van der Waals surface area contributed by atoms with Crippen molar-refractivity contribution in [1.29, 1.82) is 0 Å². The number of ether oxygens (including phenoxy) is 1. The van der Waals surface area contributed by atoms with Gasteiger partial charge in [0.15, 0.2) is 0 Å². The first kappa shape index (κ1) is 19.4. The van der Waals surface area contributed by atoms with Crippen LogP contribution >= 0.6 is 0 Å². The van der Waals surface area contributed by atoms with Gasteiger partial charge in [0.1, 0.15) is 0 Å². The quantitative estimate of drug-likeness (QED) is 0.497. The smallest absolute Gasteiger partial charge is 0.341 e. The number of hydrogen-bond donors (Lipinski definition) is 1. The van der Waals surface area contributed by atoms with Crippen LogP contribution in [-0.4, -0.2) is 18.5 Å². The molecular weight excluding hydrogens is 374 g/mol. The topological polar surface area (TPSA) is 55.4 Å². The number of carbonyl (C=O) groups excluding carboxylic acids is 2. The molecule has 1 heterocycles. The Bertz CT molecular complexity index is 1130. The standard InChI is InChI=1S/C26H21NO3/c1-2-30-26(29)23-22(25(28)27-24(23)21-11-7-4-8-12-21)17-18-13-15-20(16-14-18)19-9-5-3-6-10-19/h3-17H,2H2,1H3,(H,27,28)/b22-17-. The third-order valence-corrected chi connectivity index (χ3v) is 4.87. The molecule has 0 spiro atoms. The van der Waals surface area contributed by atoms with Gasteiger partial charge < -0.3 is 10.1 Å². The van der Waals surface area contributed by atoms with Crippen molar-refractivity contribution >= 4 is 23.6 Å². The number of carbonyl (C=O) groups is 2. The lowest BCUT2D eigenvalue weighted by Crippen LogP contribution is -2.15. The number of nitrogens with one attached hydrogen (secondary N) is 1. The average molecular weight is 395 g/mol. The third-order valence-electron chi connectivity index (χ3n) is 4.87. The summed E-state index contributed by atoms with van der Waals surface area (Å²) in [6.07, 6.45) is 1.73. The van der Waals surface area contributed by atoms with Gasteiger partial charge in [-0.05, 0) is 35.3 Å². The van der Waals surface area contributed by atoms with Crippen LogP contribution in [0.4, 0.5) is 0 Å². The summed E-state index contributed by atoms with van der Waals surface area (Å²) in [4.78, 5) is 25.4. The van der Waals surface area contributed by atoms with Crippen LogP contribution in [0.1, 0.15) is 18.1 Å². The van der Waals surface area contributed by atoms with Crippen molar-refractivity contribution in [2.45, 2.75) is 6.92 Å². The van der Waals surface area contributed by atoms with Gasteiger partial charge in [0.25, 0.3) is 5.91 Å². The zero-order chi connectivity index (χ0) is 20.9.